The molecule has 1 aromatic heterocycles. The van der Waals surface area contributed by atoms with E-state index in [9.17, 15) is 9.59 Å². The van der Waals surface area contributed by atoms with Crippen LogP contribution < -0.4 is 10.6 Å². The Balaban J connectivity index is 1.59. The third-order valence-corrected chi connectivity index (χ3v) is 4.01. The molecular weight excluding hydrogens is 340 g/mol. The Hall–Kier alpha value is -3.54. The summed E-state index contributed by atoms with van der Waals surface area (Å²) in [4.78, 5) is 31.8. The second-order valence-electron chi connectivity index (χ2n) is 6.04. The Morgan fingerprint density at radius 3 is 2.41 bits per heavy atom. The van der Waals surface area contributed by atoms with E-state index >= 15 is 0 Å². The molecule has 3 rings (SSSR count). The molecular formula is C21H20N4O2. The van der Waals surface area contributed by atoms with E-state index in [0.29, 0.717) is 23.6 Å². The van der Waals surface area contributed by atoms with Gasteiger partial charge in [0, 0.05) is 23.9 Å². The molecule has 136 valence electrons. The number of anilines is 2. The van der Waals surface area contributed by atoms with E-state index in [-0.39, 0.29) is 11.7 Å². The van der Waals surface area contributed by atoms with Gasteiger partial charge in [0.25, 0.3) is 5.91 Å². The number of hydrogen-bond donors (Lipinski definition) is 2. The van der Waals surface area contributed by atoms with Crippen molar-refractivity contribution in [3.63, 3.8) is 0 Å². The minimum Gasteiger partial charge on any atom is -0.350 e. The Bertz CT molecular complexity index is 924. The standard InChI is InChI=1S/C21H20N4O2/c1-15(26)17-7-9-18(10-8-17)25-20-13-19(23-14-24-20)21(27)22-12-11-16-5-3-2-4-6-16/h2-10,13-14H,11-12H2,1H3,(H,22,27)(H,23,24,25). The van der Waals surface area contributed by atoms with Crippen molar-refractivity contribution >= 4 is 23.2 Å². The van der Waals surface area contributed by atoms with Crippen molar-refractivity contribution in [2.45, 2.75) is 13.3 Å². The summed E-state index contributed by atoms with van der Waals surface area (Å²) in [5.41, 5.74) is 2.87. The number of amides is 1. The van der Waals surface area contributed by atoms with E-state index in [1.807, 2.05) is 30.3 Å². The summed E-state index contributed by atoms with van der Waals surface area (Å²) in [5.74, 6) is 0.273. The Morgan fingerprint density at radius 1 is 0.963 bits per heavy atom. The van der Waals surface area contributed by atoms with Gasteiger partial charge in [-0.05, 0) is 43.2 Å². The first-order valence-corrected chi connectivity index (χ1v) is 8.64. The summed E-state index contributed by atoms with van der Waals surface area (Å²) in [6.45, 7) is 2.05. The fourth-order valence-corrected chi connectivity index (χ4v) is 2.54. The Kier molecular flexibility index (Phi) is 5.89. The van der Waals surface area contributed by atoms with Gasteiger partial charge in [0.2, 0.25) is 0 Å². The third-order valence-electron chi connectivity index (χ3n) is 4.01. The van der Waals surface area contributed by atoms with Gasteiger partial charge >= 0.3 is 0 Å². The lowest BCUT2D eigenvalue weighted by Gasteiger charge is -2.08. The zero-order valence-electron chi connectivity index (χ0n) is 15.0. The number of ketones is 1. The fraction of sp³-hybridized carbons (Fsp3) is 0.143. The van der Waals surface area contributed by atoms with Gasteiger partial charge in [-0.1, -0.05) is 30.3 Å². The van der Waals surface area contributed by atoms with Crippen molar-refractivity contribution in [2.75, 3.05) is 11.9 Å². The maximum atomic E-state index is 12.3. The van der Waals surface area contributed by atoms with Gasteiger partial charge in [-0.3, -0.25) is 9.59 Å². The molecule has 0 unspecified atom stereocenters. The summed E-state index contributed by atoms with van der Waals surface area (Å²) in [7, 11) is 0. The largest absolute Gasteiger partial charge is 0.350 e. The number of carbonyl (C=O) groups is 2. The van der Waals surface area contributed by atoms with E-state index in [0.717, 1.165) is 17.7 Å². The highest BCUT2D eigenvalue weighted by molar-refractivity contribution is 5.94. The molecule has 27 heavy (non-hydrogen) atoms. The van der Waals surface area contributed by atoms with Crippen molar-refractivity contribution in [3.05, 3.63) is 83.8 Å². The predicted octanol–water partition coefficient (Wildman–Crippen LogP) is 3.40. The lowest BCUT2D eigenvalue weighted by Crippen LogP contribution is -2.26. The molecule has 3 aromatic rings. The minimum absolute atomic E-state index is 0.0121. The number of nitrogens with zero attached hydrogens (tertiary/aromatic N) is 2. The zero-order chi connectivity index (χ0) is 19.1. The van der Waals surface area contributed by atoms with Gasteiger partial charge in [0.1, 0.15) is 17.8 Å². The van der Waals surface area contributed by atoms with Crippen LogP contribution in [-0.4, -0.2) is 28.2 Å². The number of carbonyl (C=O) groups excluding carboxylic acids is 2. The molecule has 6 nitrogen and oxygen atoms in total. The van der Waals surface area contributed by atoms with Gasteiger partial charge in [0.15, 0.2) is 5.78 Å². The number of hydrogen-bond acceptors (Lipinski definition) is 5. The SMILES string of the molecule is CC(=O)c1ccc(Nc2cc(C(=O)NCCc3ccccc3)ncn2)cc1. The smallest absolute Gasteiger partial charge is 0.270 e. The van der Waals surface area contributed by atoms with Crippen LogP contribution in [0.5, 0.6) is 0 Å². The molecule has 0 atom stereocenters. The van der Waals surface area contributed by atoms with E-state index in [2.05, 4.69) is 20.6 Å². The molecule has 1 heterocycles. The maximum Gasteiger partial charge on any atom is 0.270 e. The number of aromatic nitrogens is 2. The first kappa shape index (κ1) is 18.3. The van der Waals surface area contributed by atoms with Crippen molar-refractivity contribution in [1.29, 1.82) is 0 Å². The van der Waals surface area contributed by atoms with Crippen LogP contribution in [0.25, 0.3) is 0 Å². The van der Waals surface area contributed by atoms with Gasteiger partial charge in [0.05, 0.1) is 0 Å². The van der Waals surface area contributed by atoms with Crippen LogP contribution >= 0.6 is 0 Å². The monoisotopic (exact) mass is 360 g/mol. The fourth-order valence-electron chi connectivity index (χ4n) is 2.54. The summed E-state index contributed by atoms with van der Waals surface area (Å²) in [6.07, 6.45) is 2.10. The minimum atomic E-state index is -0.247. The molecule has 6 heteroatoms. The molecule has 0 aliphatic carbocycles. The lowest BCUT2D eigenvalue weighted by molar-refractivity contribution is 0.0948. The molecule has 0 bridgehead atoms. The molecule has 0 spiro atoms. The van der Waals surface area contributed by atoms with Crippen molar-refractivity contribution in [3.8, 4) is 0 Å². The Morgan fingerprint density at radius 2 is 1.70 bits per heavy atom. The van der Waals surface area contributed by atoms with Crippen LogP contribution in [0.3, 0.4) is 0 Å². The highest BCUT2D eigenvalue weighted by Gasteiger charge is 2.09. The summed E-state index contributed by atoms with van der Waals surface area (Å²) in [5, 5.41) is 5.97. The average molecular weight is 360 g/mol. The quantitative estimate of drug-likeness (QED) is 0.631. The molecule has 2 aromatic carbocycles. The zero-order valence-corrected chi connectivity index (χ0v) is 15.0. The number of rotatable bonds is 7. The molecule has 0 saturated heterocycles. The highest BCUT2D eigenvalue weighted by Crippen LogP contribution is 2.15. The maximum absolute atomic E-state index is 12.3. The molecule has 0 fully saturated rings. The average Bonchev–Trinajstić information content (AvgIpc) is 2.69. The summed E-state index contributed by atoms with van der Waals surface area (Å²) in [6, 6.07) is 18.6. The van der Waals surface area contributed by atoms with Crippen molar-refractivity contribution in [1.82, 2.24) is 15.3 Å². The molecule has 0 aliphatic heterocycles. The van der Waals surface area contributed by atoms with Gasteiger partial charge in [-0.15, -0.1) is 0 Å². The predicted molar refractivity (Wildman–Crippen MR) is 104 cm³/mol. The van der Waals surface area contributed by atoms with E-state index < -0.39 is 0 Å². The first-order chi connectivity index (χ1) is 13.1. The van der Waals surface area contributed by atoms with Crippen LogP contribution in [-0.2, 0) is 6.42 Å². The van der Waals surface area contributed by atoms with Crippen LogP contribution in [0.1, 0.15) is 33.3 Å². The lowest BCUT2D eigenvalue weighted by atomic mass is 10.1. The normalized spacial score (nSPS) is 10.3. The van der Waals surface area contributed by atoms with Crippen LogP contribution in [0.4, 0.5) is 11.5 Å². The van der Waals surface area contributed by atoms with E-state index in [1.54, 1.807) is 30.3 Å². The molecule has 1 amide bonds. The number of Topliss-reactive ketones (excluding diaryl/α,β-unsaturated/α-hetero) is 1. The highest BCUT2D eigenvalue weighted by atomic mass is 16.1. The molecule has 0 saturated carbocycles. The number of benzene rings is 2. The van der Waals surface area contributed by atoms with E-state index in [1.165, 1.54) is 13.3 Å². The number of nitrogens with one attached hydrogen (secondary N) is 2. The van der Waals surface area contributed by atoms with Gasteiger partial charge in [-0.25, -0.2) is 9.97 Å². The van der Waals surface area contributed by atoms with Crippen LogP contribution in [0, 0.1) is 0 Å². The third kappa shape index (κ3) is 5.22. The van der Waals surface area contributed by atoms with Gasteiger partial charge < -0.3 is 10.6 Å². The van der Waals surface area contributed by atoms with Crippen molar-refractivity contribution < 1.29 is 9.59 Å². The molecule has 2 N–H and O–H groups in total. The molecule has 0 aliphatic rings. The second-order valence-corrected chi connectivity index (χ2v) is 6.04. The summed E-state index contributed by atoms with van der Waals surface area (Å²) >= 11 is 0. The Labute approximate surface area is 157 Å². The van der Waals surface area contributed by atoms with Crippen LogP contribution in [0.2, 0.25) is 0 Å². The first-order valence-electron chi connectivity index (χ1n) is 8.64. The second kappa shape index (κ2) is 8.71. The topological polar surface area (TPSA) is 84.0 Å². The van der Waals surface area contributed by atoms with E-state index in [4.69, 9.17) is 0 Å². The van der Waals surface area contributed by atoms with Crippen LogP contribution in [0.15, 0.2) is 67.0 Å². The van der Waals surface area contributed by atoms with Crippen molar-refractivity contribution in [2.24, 2.45) is 0 Å². The van der Waals surface area contributed by atoms with Gasteiger partial charge in [-0.2, -0.15) is 0 Å². The summed E-state index contributed by atoms with van der Waals surface area (Å²) < 4.78 is 0. The molecule has 0 radical (unpaired) electrons.